The van der Waals surface area contributed by atoms with Crippen LogP contribution in [-0.2, 0) is 15.6 Å². The van der Waals surface area contributed by atoms with Gasteiger partial charge in [-0.2, -0.15) is 0 Å². The number of rotatable bonds is 0. The number of carbonyl (C=O) groups is 2. The summed E-state index contributed by atoms with van der Waals surface area (Å²) in [6.07, 6.45) is 3.28. The topological polar surface area (TPSA) is 63.2 Å². The number of hydrogen-bond acceptors (Lipinski definition) is 3. The molecule has 1 N–H and O–H groups in total. The number of benzene rings is 1. The van der Waals surface area contributed by atoms with E-state index in [-0.39, 0.29) is 5.56 Å². The SMILES string of the molecule is CS(C)=O.O=C1Nc2ccc(F)cc2C1=O. The first-order valence-corrected chi connectivity index (χ1v) is 6.28. The van der Waals surface area contributed by atoms with Gasteiger partial charge < -0.3 is 5.32 Å². The molecule has 0 saturated heterocycles. The van der Waals surface area contributed by atoms with Crippen molar-refractivity contribution in [1.29, 1.82) is 0 Å². The smallest absolute Gasteiger partial charge is 0.296 e. The van der Waals surface area contributed by atoms with Crippen LogP contribution in [0.1, 0.15) is 10.4 Å². The molecule has 0 bridgehead atoms. The van der Waals surface area contributed by atoms with E-state index in [1.807, 2.05) is 0 Å². The largest absolute Gasteiger partial charge is 0.318 e. The van der Waals surface area contributed by atoms with Gasteiger partial charge in [0.2, 0.25) is 0 Å². The highest BCUT2D eigenvalue weighted by molar-refractivity contribution is 7.83. The Morgan fingerprint density at radius 3 is 2.38 bits per heavy atom. The van der Waals surface area contributed by atoms with Crippen molar-refractivity contribution in [2.45, 2.75) is 0 Å². The minimum Gasteiger partial charge on any atom is -0.318 e. The van der Waals surface area contributed by atoms with E-state index < -0.39 is 28.3 Å². The minimum absolute atomic E-state index is 0.111. The quantitative estimate of drug-likeness (QED) is 0.690. The number of Topliss-reactive ketones (excluding diaryl/α,β-unsaturated/α-hetero) is 1. The maximum absolute atomic E-state index is 12.6. The first-order chi connectivity index (χ1) is 7.41. The van der Waals surface area contributed by atoms with Crippen molar-refractivity contribution in [3.8, 4) is 0 Å². The van der Waals surface area contributed by atoms with E-state index >= 15 is 0 Å². The molecule has 4 nitrogen and oxygen atoms in total. The molecule has 0 saturated carbocycles. The molecule has 0 radical (unpaired) electrons. The summed E-state index contributed by atoms with van der Waals surface area (Å²) in [5.74, 6) is -1.89. The van der Waals surface area contributed by atoms with Crippen LogP contribution in [0.5, 0.6) is 0 Å². The lowest BCUT2D eigenvalue weighted by Gasteiger charge is -1.94. The average Bonchev–Trinajstić information content (AvgIpc) is 2.43. The van der Waals surface area contributed by atoms with Crippen molar-refractivity contribution in [1.82, 2.24) is 0 Å². The number of anilines is 1. The van der Waals surface area contributed by atoms with E-state index in [0.29, 0.717) is 5.69 Å². The minimum atomic E-state index is -0.699. The van der Waals surface area contributed by atoms with Crippen molar-refractivity contribution >= 4 is 28.2 Å². The van der Waals surface area contributed by atoms with Crippen LogP contribution in [0.4, 0.5) is 10.1 Å². The van der Waals surface area contributed by atoms with E-state index in [2.05, 4.69) is 5.32 Å². The summed E-state index contributed by atoms with van der Waals surface area (Å²) in [7, 11) is -0.611. The standard InChI is InChI=1S/C8H4FNO2.C2H6OS/c9-4-1-2-6-5(3-4)7(11)8(12)10-6;1-4(2)3/h1-3H,(H,10,11,12);1-2H3. The first kappa shape index (κ1) is 12.5. The molecule has 6 heteroatoms. The van der Waals surface area contributed by atoms with Crippen LogP contribution in [0.25, 0.3) is 0 Å². The van der Waals surface area contributed by atoms with E-state index in [1.165, 1.54) is 12.1 Å². The molecule has 1 aromatic carbocycles. The van der Waals surface area contributed by atoms with Crippen LogP contribution in [0.2, 0.25) is 0 Å². The van der Waals surface area contributed by atoms with Crippen molar-refractivity contribution < 1.29 is 18.2 Å². The third-order valence-corrected chi connectivity index (χ3v) is 1.68. The highest BCUT2D eigenvalue weighted by Gasteiger charge is 2.27. The van der Waals surface area contributed by atoms with Gasteiger partial charge in [-0.1, -0.05) is 0 Å². The van der Waals surface area contributed by atoms with Gasteiger partial charge >= 0.3 is 0 Å². The summed E-state index contributed by atoms with van der Waals surface area (Å²) < 4.78 is 22.1. The first-order valence-electron chi connectivity index (χ1n) is 4.32. The van der Waals surface area contributed by atoms with Gasteiger partial charge in [0.15, 0.2) is 0 Å². The Hall–Kier alpha value is -1.56. The van der Waals surface area contributed by atoms with Crippen LogP contribution in [0, 0.1) is 5.82 Å². The van der Waals surface area contributed by atoms with E-state index in [0.717, 1.165) is 6.07 Å². The summed E-state index contributed by atoms with van der Waals surface area (Å²) in [6.45, 7) is 0. The number of nitrogens with one attached hydrogen (secondary N) is 1. The molecule has 1 amide bonds. The molecule has 0 fully saturated rings. The lowest BCUT2D eigenvalue weighted by molar-refractivity contribution is -0.112. The highest BCUT2D eigenvalue weighted by atomic mass is 32.2. The number of ketones is 1. The molecule has 0 aromatic heterocycles. The van der Waals surface area contributed by atoms with Crippen molar-refractivity contribution in [2.75, 3.05) is 17.8 Å². The van der Waals surface area contributed by atoms with E-state index in [1.54, 1.807) is 12.5 Å². The molecule has 0 aliphatic carbocycles. The molecule has 1 aliphatic rings. The maximum atomic E-state index is 12.6. The second-order valence-electron chi connectivity index (χ2n) is 3.21. The molecule has 0 spiro atoms. The molecule has 0 unspecified atom stereocenters. The number of hydrogen-bond donors (Lipinski definition) is 1. The Labute approximate surface area is 94.3 Å². The monoisotopic (exact) mass is 243 g/mol. The molecule has 1 heterocycles. The molecule has 2 rings (SSSR count). The van der Waals surface area contributed by atoms with Gasteiger partial charge in [-0.15, -0.1) is 0 Å². The number of amides is 1. The van der Waals surface area contributed by atoms with Gasteiger partial charge in [0.05, 0.1) is 11.3 Å². The Bertz CT molecular complexity index is 469. The summed E-state index contributed by atoms with van der Waals surface area (Å²) in [5.41, 5.74) is 0.492. The Balaban J connectivity index is 0.000000280. The maximum Gasteiger partial charge on any atom is 0.296 e. The average molecular weight is 243 g/mol. The van der Waals surface area contributed by atoms with E-state index in [4.69, 9.17) is 0 Å². The summed E-state index contributed by atoms with van der Waals surface area (Å²) >= 11 is 0. The van der Waals surface area contributed by atoms with Gasteiger partial charge in [-0.25, -0.2) is 4.39 Å². The molecule has 1 aromatic rings. The fourth-order valence-electron chi connectivity index (χ4n) is 1.11. The predicted molar refractivity (Wildman–Crippen MR) is 59.4 cm³/mol. The number of carbonyl (C=O) groups excluding carboxylic acids is 2. The van der Waals surface area contributed by atoms with Gasteiger partial charge in [-0.3, -0.25) is 13.8 Å². The zero-order chi connectivity index (χ0) is 12.3. The molecule has 16 heavy (non-hydrogen) atoms. The van der Waals surface area contributed by atoms with Crippen LogP contribution in [0.3, 0.4) is 0 Å². The zero-order valence-corrected chi connectivity index (χ0v) is 9.56. The lowest BCUT2D eigenvalue weighted by atomic mass is 10.1. The third kappa shape index (κ3) is 2.96. The second kappa shape index (κ2) is 4.98. The van der Waals surface area contributed by atoms with Crippen molar-refractivity contribution in [2.24, 2.45) is 0 Å². The predicted octanol–water partition coefficient (Wildman–Crippen LogP) is 0.955. The van der Waals surface area contributed by atoms with Crippen LogP contribution >= 0.6 is 0 Å². The van der Waals surface area contributed by atoms with Crippen LogP contribution < -0.4 is 5.32 Å². The molecular weight excluding hydrogens is 233 g/mol. The molecule has 86 valence electrons. The fraction of sp³-hybridized carbons (Fsp3) is 0.200. The van der Waals surface area contributed by atoms with Crippen LogP contribution in [0.15, 0.2) is 18.2 Å². The van der Waals surface area contributed by atoms with Gasteiger partial charge in [0.1, 0.15) is 5.82 Å². The second-order valence-corrected chi connectivity index (χ2v) is 4.70. The Morgan fingerprint density at radius 2 is 1.81 bits per heavy atom. The summed E-state index contributed by atoms with van der Waals surface area (Å²) in [4.78, 5) is 21.7. The van der Waals surface area contributed by atoms with Gasteiger partial charge in [-0.05, 0) is 18.2 Å². The summed E-state index contributed by atoms with van der Waals surface area (Å²) in [5, 5.41) is 2.32. The molecule has 0 atom stereocenters. The third-order valence-electron chi connectivity index (χ3n) is 1.68. The zero-order valence-electron chi connectivity index (χ0n) is 8.74. The van der Waals surface area contributed by atoms with Gasteiger partial charge in [0.25, 0.3) is 11.7 Å². The number of fused-ring (bicyclic) bond motifs is 1. The highest BCUT2D eigenvalue weighted by Crippen LogP contribution is 2.22. The van der Waals surface area contributed by atoms with Crippen molar-refractivity contribution in [3.05, 3.63) is 29.6 Å². The van der Waals surface area contributed by atoms with Crippen LogP contribution in [-0.4, -0.2) is 28.4 Å². The molecular formula is C10H10FNO3S. The number of halogens is 1. The fourth-order valence-corrected chi connectivity index (χ4v) is 1.11. The summed E-state index contributed by atoms with van der Waals surface area (Å²) in [6, 6.07) is 3.61. The van der Waals surface area contributed by atoms with Crippen molar-refractivity contribution in [3.63, 3.8) is 0 Å². The normalized spacial score (nSPS) is 13.0. The van der Waals surface area contributed by atoms with Gasteiger partial charge in [0, 0.05) is 23.3 Å². The molecule has 1 aliphatic heterocycles. The Kier molecular flexibility index (Phi) is 3.89. The lowest BCUT2D eigenvalue weighted by Crippen LogP contribution is -2.12. The van der Waals surface area contributed by atoms with E-state index in [9.17, 15) is 18.2 Å². The Morgan fingerprint density at radius 1 is 1.25 bits per heavy atom.